The number of carbonyl (C=O) groups excluding carboxylic acids is 1. The molecule has 1 N–H and O–H groups in total. The SMILES string of the molecule is O=C(O)c1ccccc1C(=O)C1CCOCC1. The van der Waals surface area contributed by atoms with Crippen LogP contribution < -0.4 is 0 Å². The van der Waals surface area contributed by atoms with E-state index < -0.39 is 5.97 Å². The lowest BCUT2D eigenvalue weighted by Gasteiger charge is -2.21. The molecule has 0 unspecified atom stereocenters. The summed E-state index contributed by atoms with van der Waals surface area (Å²) < 4.78 is 5.19. The van der Waals surface area contributed by atoms with E-state index in [-0.39, 0.29) is 17.3 Å². The van der Waals surface area contributed by atoms with E-state index >= 15 is 0 Å². The van der Waals surface area contributed by atoms with Gasteiger partial charge in [-0.05, 0) is 18.9 Å². The van der Waals surface area contributed by atoms with Crippen LogP contribution >= 0.6 is 0 Å². The van der Waals surface area contributed by atoms with Crippen molar-refractivity contribution in [3.05, 3.63) is 35.4 Å². The van der Waals surface area contributed by atoms with Crippen LogP contribution in [0.1, 0.15) is 33.6 Å². The molecule has 1 aromatic carbocycles. The Bertz CT molecular complexity index is 433. The van der Waals surface area contributed by atoms with E-state index in [9.17, 15) is 9.59 Å². The zero-order valence-electron chi connectivity index (χ0n) is 9.39. The van der Waals surface area contributed by atoms with E-state index in [0.717, 1.165) is 0 Å². The van der Waals surface area contributed by atoms with Crippen LogP contribution in [0.5, 0.6) is 0 Å². The van der Waals surface area contributed by atoms with Crippen molar-refractivity contribution in [1.82, 2.24) is 0 Å². The summed E-state index contributed by atoms with van der Waals surface area (Å²) in [5.41, 5.74) is 0.399. The van der Waals surface area contributed by atoms with Crippen molar-refractivity contribution < 1.29 is 19.4 Å². The first-order chi connectivity index (χ1) is 8.20. The Balaban J connectivity index is 2.26. The summed E-state index contributed by atoms with van der Waals surface area (Å²) in [6.45, 7) is 1.15. The number of ketones is 1. The Morgan fingerprint density at radius 1 is 1.12 bits per heavy atom. The summed E-state index contributed by atoms with van der Waals surface area (Å²) >= 11 is 0. The monoisotopic (exact) mass is 234 g/mol. The van der Waals surface area contributed by atoms with Crippen molar-refractivity contribution in [3.8, 4) is 0 Å². The Hall–Kier alpha value is -1.68. The van der Waals surface area contributed by atoms with E-state index in [1.165, 1.54) is 6.07 Å². The summed E-state index contributed by atoms with van der Waals surface area (Å²) in [5, 5.41) is 9.04. The molecule has 0 radical (unpaired) electrons. The van der Waals surface area contributed by atoms with Gasteiger partial charge in [0.05, 0.1) is 5.56 Å². The maximum atomic E-state index is 12.2. The van der Waals surface area contributed by atoms with E-state index in [4.69, 9.17) is 9.84 Å². The van der Waals surface area contributed by atoms with Crippen molar-refractivity contribution in [2.75, 3.05) is 13.2 Å². The van der Waals surface area contributed by atoms with Crippen LogP contribution in [0.4, 0.5) is 0 Å². The molecule has 0 atom stereocenters. The van der Waals surface area contributed by atoms with Gasteiger partial charge in [-0.2, -0.15) is 0 Å². The van der Waals surface area contributed by atoms with Crippen LogP contribution in [0.3, 0.4) is 0 Å². The van der Waals surface area contributed by atoms with E-state index in [0.29, 0.717) is 31.6 Å². The molecule has 4 heteroatoms. The van der Waals surface area contributed by atoms with Crippen molar-refractivity contribution in [3.63, 3.8) is 0 Å². The lowest BCUT2D eigenvalue weighted by Crippen LogP contribution is -2.24. The topological polar surface area (TPSA) is 63.6 Å². The standard InChI is InChI=1S/C13H14O4/c14-12(9-5-7-17-8-6-9)10-3-1-2-4-11(10)13(15)16/h1-4,9H,5-8H2,(H,15,16). The predicted molar refractivity (Wildman–Crippen MR) is 61.3 cm³/mol. The summed E-state index contributed by atoms with van der Waals surface area (Å²) in [6, 6.07) is 6.37. The highest BCUT2D eigenvalue weighted by Crippen LogP contribution is 2.22. The van der Waals surface area contributed by atoms with Crippen LogP contribution in [0.2, 0.25) is 0 Å². The first-order valence-electron chi connectivity index (χ1n) is 5.64. The molecule has 0 aliphatic carbocycles. The van der Waals surface area contributed by atoms with Crippen LogP contribution in [-0.2, 0) is 4.74 Å². The third-order valence-electron chi connectivity index (χ3n) is 3.02. The fourth-order valence-electron chi connectivity index (χ4n) is 2.06. The van der Waals surface area contributed by atoms with Crippen molar-refractivity contribution in [1.29, 1.82) is 0 Å². The van der Waals surface area contributed by atoms with Gasteiger partial charge in [0, 0.05) is 24.7 Å². The van der Waals surface area contributed by atoms with Gasteiger partial charge in [-0.1, -0.05) is 18.2 Å². The fraction of sp³-hybridized carbons (Fsp3) is 0.385. The van der Waals surface area contributed by atoms with Gasteiger partial charge in [-0.3, -0.25) is 4.79 Å². The number of carboxylic acids is 1. The van der Waals surface area contributed by atoms with E-state index in [1.807, 2.05) is 0 Å². The minimum absolute atomic E-state index is 0.0775. The molecule has 90 valence electrons. The Kier molecular flexibility index (Phi) is 3.54. The van der Waals surface area contributed by atoms with Gasteiger partial charge >= 0.3 is 5.97 Å². The Morgan fingerprint density at radius 2 is 1.71 bits per heavy atom. The van der Waals surface area contributed by atoms with Crippen LogP contribution in [0, 0.1) is 5.92 Å². The third kappa shape index (κ3) is 2.53. The summed E-state index contributed by atoms with van der Waals surface area (Å²) in [6.07, 6.45) is 1.35. The van der Waals surface area contributed by atoms with Crippen molar-refractivity contribution in [2.24, 2.45) is 5.92 Å². The number of benzene rings is 1. The first kappa shape index (κ1) is 11.8. The van der Waals surface area contributed by atoms with Gasteiger partial charge in [0.25, 0.3) is 0 Å². The molecular weight excluding hydrogens is 220 g/mol. The van der Waals surface area contributed by atoms with Gasteiger partial charge in [0.15, 0.2) is 5.78 Å². The Labute approximate surface area is 99.2 Å². The summed E-state index contributed by atoms with van der Waals surface area (Å²) in [4.78, 5) is 23.2. The molecule has 0 aromatic heterocycles. The molecule has 0 amide bonds. The van der Waals surface area contributed by atoms with Crippen molar-refractivity contribution >= 4 is 11.8 Å². The molecular formula is C13H14O4. The van der Waals surface area contributed by atoms with Gasteiger partial charge < -0.3 is 9.84 Å². The molecule has 1 aliphatic rings. The molecule has 17 heavy (non-hydrogen) atoms. The number of ether oxygens (including phenoxy) is 1. The van der Waals surface area contributed by atoms with Crippen LogP contribution in [0.25, 0.3) is 0 Å². The molecule has 1 heterocycles. The molecule has 4 nitrogen and oxygen atoms in total. The smallest absolute Gasteiger partial charge is 0.336 e. The summed E-state index contributed by atoms with van der Waals surface area (Å²) in [7, 11) is 0. The van der Waals surface area contributed by atoms with Gasteiger partial charge in [-0.25, -0.2) is 4.79 Å². The molecule has 1 aromatic rings. The zero-order chi connectivity index (χ0) is 12.3. The number of carboxylic acid groups (broad SMARTS) is 1. The van der Waals surface area contributed by atoms with E-state index in [2.05, 4.69) is 0 Å². The molecule has 1 fully saturated rings. The minimum atomic E-state index is -1.05. The fourth-order valence-corrected chi connectivity index (χ4v) is 2.06. The minimum Gasteiger partial charge on any atom is -0.478 e. The average Bonchev–Trinajstić information content (AvgIpc) is 2.39. The molecule has 2 rings (SSSR count). The maximum Gasteiger partial charge on any atom is 0.336 e. The number of Topliss-reactive ketones (excluding diaryl/α,β-unsaturated/α-hetero) is 1. The number of carbonyl (C=O) groups is 2. The second kappa shape index (κ2) is 5.10. The highest BCUT2D eigenvalue weighted by atomic mass is 16.5. The lowest BCUT2D eigenvalue weighted by molar-refractivity contribution is 0.0539. The predicted octanol–water partition coefficient (Wildman–Crippen LogP) is 1.99. The Morgan fingerprint density at radius 3 is 2.29 bits per heavy atom. The number of aromatic carboxylic acids is 1. The zero-order valence-corrected chi connectivity index (χ0v) is 9.39. The maximum absolute atomic E-state index is 12.2. The molecule has 1 saturated heterocycles. The second-order valence-corrected chi connectivity index (χ2v) is 4.10. The largest absolute Gasteiger partial charge is 0.478 e. The first-order valence-corrected chi connectivity index (χ1v) is 5.64. The molecule has 1 aliphatic heterocycles. The number of rotatable bonds is 3. The highest BCUT2D eigenvalue weighted by Gasteiger charge is 2.25. The lowest BCUT2D eigenvalue weighted by atomic mass is 9.89. The average molecular weight is 234 g/mol. The quantitative estimate of drug-likeness (QED) is 0.812. The molecule has 0 bridgehead atoms. The second-order valence-electron chi connectivity index (χ2n) is 4.10. The highest BCUT2D eigenvalue weighted by molar-refractivity contribution is 6.06. The van der Waals surface area contributed by atoms with E-state index in [1.54, 1.807) is 18.2 Å². The third-order valence-corrected chi connectivity index (χ3v) is 3.02. The van der Waals surface area contributed by atoms with Gasteiger partial charge in [0.2, 0.25) is 0 Å². The van der Waals surface area contributed by atoms with Gasteiger partial charge in [0.1, 0.15) is 0 Å². The number of hydrogen-bond donors (Lipinski definition) is 1. The molecule has 0 spiro atoms. The normalized spacial score (nSPS) is 16.7. The number of hydrogen-bond acceptors (Lipinski definition) is 3. The van der Waals surface area contributed by atoms with Crippen LogP contribution in [0.15, 0.2) is 24.3 Å². The summed E-state index contributed by atoms with van der Waals surface area (Å²) in [5.74, 6) is -1.24. The molecule has 0 saturated carbocycles. The van der Waals surface area contributed by atoms with Crippen LogP contribution in [-0.4, -0.2) is 30.1 Å². The van der Waals surface area contributed by atoms with Gasteiger partial charge in [-0.15, -0.1) is 0 Å². The van der Waals surface area contributed by atoms with Crippen molar-refractivity contribution in [2.45, 2.75) is 12.8 Å².